The fourth-order valence-electron chi connectivity index (χ4n) is 2.62. The van der Waals surface area contributed by atoms with E-state index in [0.717, 1.165) is 25.8 Å². The first-order valence-electron chi connectivity index (χ1n) is 9.42. The molecule has 0 aromatic rings. The van der Waals surface area contributed by atoms with Crippen molar-refractivity contribution in [2.24, 2.45) is 0 Å². The molecular weight excluding hydrogens is 290 g/mol. The van der Waals surface area contributed by atoms with Crippen molar-refractivity contribution in [3.63, 3.8) is 0 Å². The maximum absolute atomic E-state index is 12.5. The summed E-state index contributed by atoms with van der Waals surface area (Å²) in [5.74, 6) is 0.267. The van der Waals surface area contributed by atoms with Crippen molar-refractivity contribution in [3.8, 4) is 0 Å². The molecule has 0 atom stereocenters. The second kappa shape index (κ2) is 13.8. The number of unbranched alkanes of at least 4 members (excludes halogenated alkanes) is 5. The van der Waals surface area contributed by atoms with Crippen LogP contribution in [0, 0.1) is 0 Å². The Morgan fingerprint density at radius 3 is 2.17 bits per heavy atom. The number of aliphatic hydroxyl groups excluding tert-OH is 1. The first-order chi connectivity index (χ1) is 10.9. The quantitative estimate of drug-likeness (QED) is 0.487. The van der Waals surface area contributed by atoms with E-state index in [9.17, 15) is 4.79 Å². The van der Waals surface area contributed by atoms with Crippen molar-refractivity contribution < 1.29 is 14.6 Å². The molecule has 0 fully saturated rings. The van der Waals surface area contributed by atoms with Crippen molar-refractivity contribution in [2.75, 3.05) is 26.4 Å². The van der Waals surface area contributed by atoms with Crippen molar-refractivity contribution >= 4 is 5.91 Å². The lowest BCUT2D eigenvalue weighted by Gasteiger charge is -2.36. The standard InChI is InChI=1S/C19H39NO3/c1-5-6-7-8-9-10-13-18(22)20(19(2,3)4)14-11-16-23-17-12-15-21/h21H,5-17H2,1-4H3. The van der Waals surface area contributed by atoms with Crippen LogP contribution in [0.3, 0.4) is 0 Å². The van der Waals surface area contributed by atoms with Crippen LogP contribution < -0.4 is 0 Å². The highest BCUT2D eigenvalue weighted by Crippen LogP contribution is 2.17. The average Bonchev–Trinajstić information content (AvgIpc) is 2.48. The van der Waals surface area contributed by atoms with E-state index in [4.69, 9.17) is 9.84 Å². The Morgan fingerprint density at radius 2 is 1.57 bits per heavy atom. The number of amides is 1. The monoisotopic (exact) mass is 329 g/mol. The highest BCUT2D eigenvalue weighted by molar-refractivity contribution is 5.76. The molecule has 0 aromatic carbocycles. The van der Waals surface area contributed by atoms with Crippen LogP contribution in [0.1, 0.15) is 85.5 Å². The molecule has 4 heteroatoms. The third kappa shape index (κ3) is 12.5. The van der Waals surface area contributed by atoms with Crippen LogP contribution in [-0.2, 0) is 9.53 Å². The van der Waals surface area contributed by atoms with Gasteiger partial charge in [0.2, 0.25) is 5.91 Å². The molecule has 0 aromatic heterocycles. The van der Waals surface area contributed by atoms with Gasteiger partial charge in [0, 0.05) is 38.3 Å². The van der Waals surface area contributed by atoms with Gasteiger partial charge in [0.05, 0.1) is 0 Å². The average molecular weight is 330 g/mol. The predicted molar refractivity (Wildman–Crippen MR) is 96.6 cm³/mol. The van der Waals surface area contributed by atoms with Gasteiger partial charge in [0.15, 0.2) is 0 Å². The maximum atomic E-state index is 12.5. The fourth-order valence-corrected chi connectivity index (χ4v) is 2.62. The van der Waals surface area contributed by atoms with Crippen LogP contribution in [0.25, 0.3) is 0 Å². The van der Waals surface area contributed by atoms with E-state index < -0.39 is 0 Å². The molecule has 23 heavy (non-hydrogen) atoms. The number of rotatable bonds is 14. The first kappa shape index (κ1) is 22.4. The van der Waals surface area contributed by atoms with E-state index >= 15 is 0 Å². The van der Waals surface area contributed by atoms with Crippen LogP contribution in [0.15, 0.2) is 0 Å². The Kier molecular flexibility index (Phi) is 13.4. The molecule has 1 N–H and O–H groups in total. The largest absolute Gasteiger partial charge is 0.396 e. The molecule has 0 saturated carbocycles. The van der Waals surface area contributed by atoms with Gasteiger partial charge in [-0.1, -0.05) is 39.0 Å². The van der Waals surface area contributed by atoms with Crippen molar-refractivity contribution in [1.29, 1.82) is 0 Å². The van der Waals surface area contributed by atoms with E-state index in [1.54, 1.807) is 0 Å². The zero-order chi connectivity index (χ0) is 17.6. The third-order valence-corrected chi connectivity index (χ3v) is 3.97. The van der Waals surface area contributed by atoms with E-state index in [1.165, 1.54) is 25.7 Å². The smallest absolute Gasteiger partial charge is 0.222 e. The normalized spacial score (nSPS) is 11.7. The zero-order valence-corrected chi connectivity index (χ0v) is 15.9. The number of aliphatic hydroxyl groups is 1. The molecule has 0 radical (unpaired) electrons. The van der Waals surface area contributed by atoms with Gasteiger partial charge in [-0.15, -0.1) is 0 Å². The first-order valence-corrected chi connectivity index (χ1v) is 9.42. The summed E-state index contributed by atoms with van der Waals surface area (Å²) >= 11 is 0. The number of carbonyl (C=O) groups excluding carboxylic acids is 1. The van der Waals surface area contributed by atoms with Crippen LogP contribution in [-0.4, -0.2) is 47.8 Å². The van der Waals surface area contributed by atoms with Crippen LogP contribution in [0.4, 0.5) is 0 Å². The van der Waals surface area contributed by atoms with Gasteiger partial charge in [-0.05, 0) is 40.0 Å². The number of ether oxygens (including phenoxy) is 1. The number of carbonyl (C=O) groups is 1. The summed E-state index contributed by atoms with van der Waals surface area (Å²) in [5, 5.41) is 8.71. The Labute approximate surface area is 143 Å². The van der Waals surface area contributed by atoms with E-state index in [2.05, 4.69) is 27.7 Å². The van der Waals surface area contributed by atoms with Gasteiger partial charge >= 0.3 is 0 Å². The van der Waals surface area contributed by atoms with E-state index in [0.29, 0.717) is 26.1 Å². The topological polar surface area (TPSA) is 49.8 Å². The van der Waals surface area contributed by atoms with Crippen LogP contribution in [0.2, 0.25) is 0 Å². The highest BCUT2D eigenvalue weighted by atomic mass is 16.5. The molecule has 0 saturated heterocycles. The third-order valence-electron chi connectivity index (χ3n) is 3.97. The van der Waals surface area contributed by atoms with Gasteiger partial charge in [-0.25, -0.2) is 0 Å². The summed E-state index contributed by atoms with van der Waals surface area (Å²) in [5.41, 5.74) is -0.135. The Bertz CT molecular complexity index is 287. The van der Waals surface area contributed by atoms with Crippen molar-refractivity contribution in [2.45, 2.75) is 91.0 Å². The molecule has 0 aliphatic carbocycles. The molecule has 0 rings (SSSR count). The highest BCUT2D eigenvalue weighted by Gasteiger charge is 2.25. The minimum atomic E-state index is -0.135. The second-order valence-electron chi connectivity index (χ2n) is 7.28. The van der Waals surface area contributed by atoms with Crippen LogP contribution in [0.5, 0.6) is 0 Å². The van der Waals surface area contributed by atoms with Gasteiger partial charge in [-0.3, -0.25) is 4.79 Å². The summed E-state index contributed by atoms with van der Waals surface area (Å²) < 4.78 is 5.45. The zero-order valence-electron chi connectivity index (χ0n) is 15.9. The Balaban J connectivity index is 4.00. The molecule has 0 unspecified atom stereocenters. The number of nitrogens with zero attached hydrogens (tertiary/aromatic N) is 1. The fraction of sp³-hybridized carbons (Fsp3) is 0.947. The van der Waals surface area contributed by atoms with Crippen LogP contribution >= 0.6 is 0 Å². The SMILES string of the molecule is CCCCCCCCC(=O)N(CCCOCCCO)C(C)(C)C. The summed E-state index contributed by atoms with van der Waals surface area (Å²) in [6, 6.07) is 0. The van der Waals surface area contributed by atoms with Gasteiger partial charge in [0.25, 0.3) is 0 Å². The molecule has 1 amide bonds. The van der Waals surface area contributed by atoms with Gasteiger partial charge < -0.3 is 14.7 Å². The molecule has 0 aliphatic heterocycles. The van der Waals surface area contributed by atoms with Gasteiger partial charge in [0.1, 0.15) is 0 Å². The Morgan fingerprint density at radius 1 is 0.957 bits per heavy atom. The molecule has 0 bridgehead atoms. The maximum Gasteiger partial charge on any atom is 0.222 e. The lowest BCUT2D eigenvalue weighted by molar-refractivity contribution is -0.136. The summed E-state index contributed by atoms with van der Waals surface area (Å²) in [6.45, 7) is 10.7. The molecule has 0 spiro atoms. The van der Waals surface area contributed by atoms with Crippen molar-refractivity contribution in [1.82, 2.24) is 4.90 Å². The second-order valence-corrected chi connectivity index (χ2v) is 7.28. The molecule has 138 valence electrons. The summed E-state index contributed by atoms with van der Waals surface area (Å²) in [7, 11) is 0. The van der Waals surface area contributed by atoms with E-state index in [-0.39, 0.29) is 18.1 Å². The Hall–Kier alpha value is -0.610. The summed E-state index contributed by atoms with van der Waals surface area (Å²) in [6.07, 6.45) is 9.46. The molecule has 4 nitrogen and oxygen atoms in total. The van der Waals surface area contributed by atoms with E-state index in [1.807, 2.05) is 4.90 Å². The minimum Gasteiger partial charge on any atom is -0.396 e. The number of hydrogen-bond donors (Lipinski definition) is 1. The molecule has 0 aliphatic rings. The minimum absolute atomic E-state index is 0.135. The van der Waals surface area contributed by atoms with Gasteiger partial charge in [-0.2, -0.15) is 0 Å². The molecule has 0 heterocycles. The predicted octanol–water partition coefficient (Wildman–Crippen LogP) is 4.15. The number of hydrogen-bond acceptors (Lipinski definition) is 3. The lowest BCUT2D eigenvalue weighted by Crippen LogP contribution is -2.46. The summed E-state index contributed by atoms with van der Waals surface area (Å²) in [4.78, 5) is 14.5. The lowest BCUT2D eigenvalue weighted by atomic mass is 10.0. The molecular formula is C19H39NO3. The van der Waals surface area contributed by atoms with Crippen molar-refractivity contribution in [3.05, 3.63) is 0 Å².